The highest BCUT2D eigenvalue weighted by Crippen LogP contribution is 2.28. The molecular formula is C11H11Cl2NO. The van der Waals surface area contributed by atoms with E-state index in [2.05, 4.69) is 5.32 Å². The Labute approximate surface area is 98.6 Å². The van der Waals surface area contributed by atoms with Gasteiger partial charge in [-0.25, -0.2) is 0 Å². The maximum atomic E-state index is 11.4. The molecular weight excluding hydrogens is 233 g/mol. The van der Waals surface area contributed by atoms with E-state index in [0.717, 1.165) is 18.5 Å². The van der Waals surface area contributed by atoms with Crippen LogP contribution in [0.4, 0.5) is 0 Å². The fourth-order valence-corrected chi connectivity index (χ4v) is 2.37. The van der Waals surface area contributed by atoms with Crippen molar-refractivity contribution in [1.29, 1.82) is 0 Å². The Balaban J connectivity index is 2.20. The zero-order chi connectivity index (χ0) is 10.8. The molecule has 4 heteroatoms. The van der Waals surface area contributed by atoms with Crippen LogP contribution < -0.4 is 5.32 Å². The van der Waals surface area contributed by atoms with Crippen molar-refractivity contribution in [3.8, 4) is 0 Å². The zero-order valence-corrected chi connectivity index (χ0v) is 9.61. The molecule has 15 heavy (non-hydrogen) atoms. The SMILES string of the molecule is O=C1NCCC1Cc1c(Cl)cccc1Cl. The van der Waals surface area contributed by atoms with Crippen molar-refractivity contribution in [1.82, 2.24) is 5.32 Å². The van der Waals surface area contributed by atoms with Gasteiger partial charge in [-0.3, -0.25) is 4.79 Å². The van der Waals surface area contributed by atoms with Crippen molar-refractivity contribution in [3.63, 3.8) is 0 Å². The maximum Gasteiger partial charge on any atom is 0.223 e. The molecule has 0 aromatic heterocycles. The van der Waals surface area contributed by atoms with Gasteiger partial charge in [0.05, 0.1) is 0 Å². The molecule has 1 amide bonds. The molecule has 0 bridgehead atoms. The molecule has 1 aliphatic heterocycles. The summed E-state index contributed by atoms with van der Waals surface area (Å²) in [6, 6.07) is 5.41. The lowest BCUT2D eigenvalue weighted by molar-refractivity contribution is -0.122. The monoisotopic (exact) mass is 243 g/mol. The van der Waals surface area contributed by atoms with Gasteiger partial charge in [-0.15, -0.1) is 0 Å². The number of hydrogen-bond acceptors (Lipinski definition) is 1. The zero-order valence-electron chi connectivity index (χ0n) is 8.09. The van der Waals surface area contributed by atoms with Gasteiger partial charge in [0.1, 0.15) is 0 Å². The van der Waals surface area contributed by atoms with Crippen molar-refractivity contribution in [2.75, 3.05) is 6.54 Å². The van der Waals surface area contributed by atoms with Crippen molar-refractivity contribution < 1.29 is 4.79 Å². The molecule has 2 nitrogen and oxygen atoms in total. The molecule has 1 aromatic carbocycles. The third-order valence-corrected chi connectivity index (χ3v) is 3.38. The predicted octanol–water partition coefficient (Wildman–Crippen LogP) is 2.67. The van der Waals surface area contributed by atoms with Crippen LogP contribution >= 0.6 is 23.2 Å². The maximum absolute atomic E-state index is 11.4. The molecule has 1 atom stereocenters. The van der Waals surface area contributed by atoms with Crippen LogP contribution in [0.3, 0.4) is 0 Å². The average Bonchev–Trinajstić information content (AvgIpc) is 2.58. The fourth-order valence-electron chi connectivity index (χ4n) is 1.81. The van der Waals surface area contributed by atoms with Crippen LogP contribution in [-0.2, 0) is 11.2 Å². The van der Waals surface area contributed by atoms with E-state index in [0.29, 0.717) is 16.5 Å². The Kier molecular flexibility index (Phi) is 3.17. The van der Waals surface area contributed by atoms with Crippen LogP contribution in [-0.4, -0.2) is 12.5 Å². The molecule has 2 rings (SSSR count). The number of halogens is 2. The smallest absolute Gasteiger partial charge is 0.223 e. The predicted molar refractivity (Wildman–Crippen MR) is 61.3 cm³/mol. The molecule has 1 N–H and O–H groups in total. The van der Waals surface area contributed by atoms with Gasteiger partial charge >= 0.3 is 0 Å². The molecule has 1 heterocycles. The first-order chi connectivity index (χ1) is 7.18. The second kappa shape index (κ2) is 4.42. The van der Waals surface area contributed by atoms with Crippen molar-refractivity contribution in [2.24, 2.45) is 5.92 Å². The van der Waals surface area contributed by atoms with E-state index in [1.807, 2.05) is 6.07 Å². The highest BCUT2D eigenvalue weighted by molar-refractivity contribution is 6.36. The Bertz CT molecular complexity index is 372. The number of carbonyl (C=O) groups is 1. The van der Waals surface area contributed by atoms with E-state index in [1.54, 1.807) is 12.1 Å². The van der Waals surface area contributed by atoms with Gasteiger partial charge < -0.3 is 5.32 Å². The molecule has 1 saturated heterocycles. The van der Waals surface area contributed by atoms with E-state index >= 15 is 0 Å². The molecule has 80 valence electrons. The minimum absolute atomic E-state index is 0.0161. The average molecular weight is 244 g/mol. The molecule has 0 saturated carbocycles. The molecule has 1 aromatic rings. The summed E-state index contributed by atoms with van der Waals surface area (Å²) in [6.07, 6.45) is 1.49. The van der Waals surface area contributed by atoms with Gasteiger partial charge in [0.2, 0.25) is 5.91 Å². The second-order valence-corrected chi connectivity index (χ2v) is 4.50. The summed E-state index contributed by atoms with van der Waals surface area (Å²) in [4.78, 5) is 11.4. The summed E-state index contributed by atoms with van der Waals surface area (Å²) in [5.74, 6) is 0.119. The van der Waals surface area contributed by atoms with E-state index in [1.165, 1.54) is 0 Å². The van der Waals surface area contributed by atoms with Crippen molar-refractivity contribution in [2.45, 2.75) is 12.8 Å². The van der Waals surface area contributed by atoms with E-state index < -0.39 is 0 Å². The second-order valence-electron chi connectivity index (χ2n) is 3.68. The standard InChI is InChI=1S/C11H11Cl2NO/c12-9-2-1-3-10(13)8(9)6-7-4-5-14-11(7)15/h1-3,7H,4-6H2,(H,14,15). The summed E-state index contributed by atoms with van der Waals surface area (Å²) >= 11 is 12.1. The van der Waals surface area contributed by atoms with Crippen LogP contribution in [0.15, 0.2) is 18.2 Å². The highest BCUT2D eigenvalue weighted by atomic mass is 35.5. The van der Waals surface area contributed by atoms with E-state index in [4.69, 9.17) is 23.2 Å². The van der Waals surface area contributed by atoms with Gasteiger partial charge in [-0.2, -0.15) is 0 Å². The van der Waals surface area contributed by atoms with Crippen LogP contribution in [0.5, 0.6) is 0 Å². The molecule has 0 radical (unpaired) electrons. The highest BCUT2D eigenvalue weighted by Gasteiger charge is 2.25. The number of benzene rings is 1. The van der Waals surface area contributed by atoms with Crippen molar-refractivity contribution in [3.05, 3.63) is 33.8 Å². The van der Waals surface area contributed by atoms with Gasteiger partial charge in [0.15, 0.2) is 0 Å². The molecule has 1 aliphatic rings. The Morgan fingerprint density at radius 1 is 1.33 bits per heavy atom. The van der Waals surface area contributed by atoms with Crippen LogP contribution in [0, 0.1) is 5.92 Å². The number of rotatable bonds is 2. The number of amides is 1. The first-order valence-corrected chi connectivity index (χ1v) is 5.64. The van der Waals surface area contributed by atoms with E-state index in [9.17, 15) is 4.79 Å². The third kappa shape index (κ3) is 2.27. The number of nitrogens with one attached hydrogen (secondary N) is 1. The number of carbonyl (C=O) groups excluding carboxylic acids is 1. The summed E-state index contributed by atoms with van der Waals surface area (Å²) in [7, 11) is 0. The first kappa shape index (κ1) is 10.8. The lowest BCUT2D eigenvalue weighted by Crippen LogP contribution is -2.20. The van der Waals surface area contributed by atoms with E-state index in [-0.39, 0.29) is 11.8 Å². The molecule has 1 unspecified atom stereocenters. The summed E-state index contributed by atoms with van der Waals surface area (Å²) in [6.45, 7) is 0.756. The van der Waals surface area contributed by atoms with Crippen LogP contribution in [0.25, 0.3) is 0 Å². The third-order valence-electron chi connectivity index (χ3n) is 2.68. The van der Waals surface area contributed by atoms with Gasteiger partial charge in [0, 0.05) is 22.5 Å². The van der Waals surface area contributed by atoms with Gasteiger partial charge in [-0.05, 0) is 30.5 Å². The fraction of sp³-hybridized carbons (Fsp3) is 0.364. The number of hydrogen-bond donors (Lipinski definition) is 1. The topological polar surface area (TPSA) is 29.1 Å². The minimum Gasteiger partial charge on any atom is -0.356 e. The molecule has 1 fully saturated rings. The summed E-state index contributed by atoms with van der Waals surface area (Å²) < 4.78 is 0. The first-order valence-electron chi connectivity index (χ1n) is 4.89. The Morgan fingerprint density at radius 2 is 2.00 bits per heavy atom. The normalized spacial score (nSPS) is 20.4. The largest absolute Gasteiger partial charge is 0.356 e. The Morgan fingerprint density at radius 3 is 2.53 bits per heavy atom. The lowest BCUT2D eigenvalue weighted by atomic mass is 9.98. The lowest BCUT2D eigenvalue weighted by Gasteiger charge is -2.10. The summed E-state index contributed by atoms with van der Waals surface area (Å²) in [5, 5.41) is 4.09. The van der Waals surface area contributed by atoms with Crippen molar-refractivity contribution >= 4 is 29.1 Å². The molecule has 0 spiro atoms. The Hall–Kier alpha value is -0.730. The minimum atomic E-state index is 0.0161. The van der Waals surface area contributed by atoms with Crippen LogP contribution in [0.1, 0.15) is 12.0 Å². The van der Waals surface area contributed by atoms with Gasteiger partial charge in [-0.1, -0.05) is 29.3 Å². The molecule has 0 aliphatic carbocycles. The van der Waals surface area contributed by atoms with Gasteiger partial charge in [0.25, 0.3) is 0 Å². The van der Waals surface area contributed by atoms with Crippen LogP contribution in [0.2, 0.25) is 10.0 Å². The quantitative estimate of drug-likeness (QED) is 0.851. The summed E-state index contributed by atoms with van der Waals surface area (Å²) in [5.41, 5.74) is 0.878.